The first-order chi connectivity index (χ1) is 9.10. The molecule has 0 aromatic carbocycles. The molecule has 0 saturated carbocycles. The van der Waals surface area contributed by atoms with Gasteiger partial charge in [-0.3, -0.25) is 4.79 Å². The molecule has 2 rings (SSSR count). The van der Waals surface area contributed by atoms with Crippen molar-refractivity contribution in [2.75, 3.05) is 5.88 Å². The number of aromatic nitrogens is 1. The van der Waals surface area contributed by atoms with E-state index in [0.717, 1.165) is 23.4 Å². The van der Waals surface area contributed by atoms with E-state index >= 15 is 0 Å². The summed E-state index contributed by atoms with van der Waals surface area (Å²) in [6.07, 6.45) is 1.01. The minimum absolute atomic E-state index is 0.00190. The number of aryl methyl sites for hydroxylation is 1. The molecular formula is C15H18ClNOS. The van der Waals surface area contributed by atoms with Crippen molar-refractivity contribution in [2.45, 2.75) is 33.2 Å². The van der Waals surface area contributed by atoms with Gasteiger partial charge in [0.2, 0.25) is 0 Å². The zero-order valence-corrected chi connectivity index (χ0v) is 13.0. The summed E-state index contributed by atoms with van der Waals surface area (Å²) in [4.78, 5) is 13.2. The zero-order chi connectivity index (χ0) is 14.0. The molecule has 19 heavy (non-hydrogen) atoms. The first-order valence-electron chi connectivity index (χ1n) is 6.41. The third-order valence-corrected chi connectivity index (χ3v) is 4.69. The van der Waals surface area contributed by atoms with E-state index in [1.165, 1.54) is 4.88 Å². The number of ketones is 1. The molecule has 0 spiro atoms. The molecule has 0 aliphatic carbocycles. The maximum absolute atomic E-state index is 11.9. The van der Waals surface area contributed by atoms with Crippen LogP contribution in [0.4, 0.5) is 0 Å². The van der Waals surface area contributed by atoms with Crippen LogP contribution in [0.25, 0.3) is 0 Å². The number of carbonyl (C=O) groups excluding carboxylic acids is 1. The van der Waals surface area contributed by atoms with Crippen molar-refractivity contribution in [3.8, 4) is 0 Å². The van der Waals surface area contributed by atoms with E-state index < -0.39 is 0 Å². The standard InChI is InChI=1S/C15H18ClNOS/c1-4-13(15-6-5-7-19-15)17-10(2)8-12(11(17)3)14(18)9-16/h5-8,13H,4,9H2,1-3H3. The van der Waals surface area contributed by atoms with Crippen molar-refractivity contribution in [3.63, 3.8) is 0 Å². The van der Waals surface area contributed by atoms with Crippen LogP contribution in [0, 0.1) is 13.8 Å². The van der Waals surface area contributed by atoms with Crippen molar-refractivity contribution in [1.82, 2.24) is 4.57 Å². The van der Waals surface area contributed by atoms with Crippen molar-refractivity contribution >= 4 is 28.7 Å². The highest BCUT2D eigenvalue weighted by molar-refractivity contribution is 7.10. The van der Waals surface area contributed by atoms with Gasteiger partial charge in [-0.2, -0.15) is 0 Å². The van der Waals surface area contributed by atoms with Gasteiger partial charge in [0.25, 0.3) is 0 Å². The van der Waals surface area contributed by atoms with Crippen LogP contribution in [-0.4, -0.2) is 16.2 Å². The van der Waals surface area contributed by atoms with Gasteiger partial charge in [-0.25, -0.2) is 0 Å². The molecule has 2 heterocycles. The molecule has 2 aromatic rings. The summed E-state index contributed by atoms with van der Waals surface area (Å²) in [6, 6.07) is 6.48. The summed E-state index contributed by atoms with van der Waals surface area (Å²) < 4.78 is 2.26. The highest BCUT2D eigenvalue weighted by atomic mass is 35.5. The van der Waals surface area contributed by atoms with E-state index in [4.69, 9.17) is 11.6 Å². The molecule has 0 aliphatic heterocycles. The Morgan fingerprint density at radius 2 is 2.21 bits per heavy atom. The number of nitrogens with zero attached hydrogens (tertiary/aromatic N) is 1. The molecular weight excluding hydrogens is 278 g/mol. The summed E-state index contributed by atoms with van der Waals surface area (Å²) in [5.74, 6) is 0.0437. The predicted molar refractivity (Wildman–Crippen MR) is 81.7 cm³/mol. The smallest absolute Gasteiger partial charge is 0.179 e. The molecule has 0 radical (unpaired) electrons. The third kappa shape index (κ3) is 2.63. The molecule has 0 N–H and O–H groups in total. The van der Waals surface area contributed by atoms with E-state index in [9.17, 15) is 4.79 Å². The normalized spacial score (nSPS) is 12.6. The lowest BCUT2D eigenvalue weighted by Gasteiger charge is -2.20. The number of halogens is 1. The average Bonchev–Trinajstić information content (AvgIpc) is 3.02. The third-order valence-electron chi connectivity index (χ3n) is 3.48. The van der Waals surface area contributed by atoms with Crippen molar-refractivity contribution in [1.29, 1.82) is 0 Å². The number of Topliss-reactive ketones (excluding diaryl/α,β-unsaturated/α-hetero) is 1. The van der Waals surface area contributed by atoms with Gasteiger partial charge < -0.3 is 4.57 Å². The molecule has 1 atom stereocenters. The Labute approximate surface area is 123 Å². The van der Waals surface area contributed by atoms with Gasteiger partial charge in [0, 0.05) is 21.8 Å². The SMILES string of the molecule is CCC(c1cccs1)n1c(C)cc(C(=O)CCl)c1C. The summed E-state index contributed by atoms with van der Waals surface area (Å²) in [7, 11) is 0. The molecule has 0 bridgehead atoms. The van der Waals surface area contributed by atoms with E-state index in [-0.39, 0.29) is 11.7 Å². The Hall–Kier alpha value is -1.06. The van der Waals surface area contributed by atoms with Gasteiger partial charge >= 0.3 is 0 Å². The van der Waals surface area contributed by atoms with Gasteiger partial charge in [0.05, 0.1) is 11.9 Å². The van der Waals surface area contributed by atoms with Crippen LogP contribution in [0.5, 0.6) is 0 Å². The first-order valence-corrected chi connectivity index (χ1v) is 7.82. The van der Waals surface area contributed by atoms with E-state index in [2.05, 4.69) is 29.0 Å². The zero-order valence-electron chi connectivity index (χ0n) is 11.4. The van der Waals surface area contributed by atoms with Crippen LogP contribution >= 0.6 is 22.9 Å². The molecule has 2 nitrogen and oxygen atoms in total. The lowest BCUT2D eigenvalue weighted by Crippen LogP contribution is -2.12. The van der Waals surface area contributed by atoms with Gasteiger partial charge in [-0.15, -0.1) is 22.9 Å². The topological polar surface area (TPSA) is 22.0 Å². The molecule has 0 saturated heterocycles. The molecule has 4 heteroatoms. The van der Waals surface area contributed by atoms with Gasteiger partial charge in [-0.1, -0.05) is 13.0 Å². The second kappa shape index (κ2) is 5.93. The van der Waals surface area contributed by atoms with E-state index in [1.54, 1.807) is 11.3 Å². The van der Waals surface area contributed by atoms with Gasteiger partial charge in [0.15, 0.2) is 5.78 Å². The number of hydrogen-bond donors (Lipinski definition) is 0. The Kier molecular flexibility index (Phi) is 4.48. The number of thiophene rings is 1. The highest BCUT2D eigenvalue weighted by Gasteiger charge is 2.21. The highest BCUT2D eigenvalue weighted by Crippen LogP contribution is 2.31. The fraction of sp³-hybridized carbons (Fsp3) is 0.400. The van der Waals surface area contributed by atoms with E-state index in [0.29, 0.717) is 6.04 Å². The molecule has 1 unspecified atom stereocenters. The maximum Gasteiger partial charge on any atom is 0.179 e. The lowest BCUT2D eigenvalue weighted by molar-refractivity contribution is 0.102. The minimum Gasteiger partial charge on any atom is -0.340 e. The van der Waals surface area contributed by atoms with E-state index in [1.807, 2.05) is 19.9 Å². The van der Waals surface area contributed by atoms with Crippen molar-refractivity contribution in [2.24, 2.45) is 0 Å². The predicted octanol–water partition coefficient (Wildman–Crippen LogP) is 4.59. The van der Waals surface area contributed by atoms with Crippen LogP contribution in [0.15, 0.2) is 23.6 Å². The minimum atomic E-state index is 0.00190. The number of hydrogen-bond acceptors (Lipinski definition) is 2. The van der Waals surface area contributed by atoms with Gasteiger partial charge in [-0.05, 0) is 37.8 Å². The van der Waals surface area contributed by atoms with Crippen LogP contribution in [0.3, 0.4) is 0 Å². The first kappa shape index (κ1) is 14.4. The largest absolute Gasteiger partial charge is 0.340 e. The fourth-order valence-corrected chi connectivity index (χ4v) is 3.65. The van der Waals surface area contributed by atoms with Crippen LogP contribution < -0.4 is 0 Å². The Balaban J connectivity index is 2.50. The summed E-state index contributed by atoms with van der Waals surface area (Å²) in [6.45, 7) is 6.23. The van der Waals surface area contributed by atoms with Crippen molar-refractivity contribution < 1.29 is 4.79 Å². The van der Waals surface area contributed by atoms with Crippen LogP contribution in [-0.2, 0) is 0 Å². The second-order valence-electron chi connectivity index (χ2n) is 4.65. The number of alkyl halides is 1. The summed E-state index contributed by atoms with van der Waals surface area (Å²) in [5, 5.41) is 2.09. The average molecular weight is 296 g/mol. The lowest BCUT2D eigenvalue weighted by atomic mass is 10.1. The summed E-state index contributed by atoms with van der Waals surface area (Å²) >= 11 is 7.44. The molecule has 2 aromatic heterocycles. The van der Waals surface area contributed by atoms with Crippen molar-refractivity contribution in [3.05, 3.63) is 45.4 Å². The Morgan fingerprint density at radius 1 is 1.47 bits per heavy atom. The maximum atomic E-state index is 11.9. The van der Waals surface area contributed by atoms with Crippen LogP contribution in [0.2, 0.25) is 0 Å². The van der Waals surface area contributed by atoms with Crippen LogP contribution in [0.1, 0.15) is 46.0 Å². The summed E-state index contributed by atoms with van der Waals surface area (Å²) in [5.41, 5.74) is 2.89. The molecule has 0 amide bonds. The molecule has 102 valence electrons. The van der Waals surface area contributed by atoms with Gasteiger partial charge in [0.1, 0.15) is 0 Å². The monoisotopic (exact) mass is 295 g/mol. The second-order valence-corrected chi connectivity index (χ2v) is 5.90. The fourth-order valence-electron chi connectivity index (χ4n) is 2.60. The Bertz CT molecular complexity index is 571. The quantitative estimate of drug-likeness (QED) is 0.584. The molecule has 0 fully saturated rings. The molecule has 0 aliphatic rings. The number of rotatable bonds is 5. The Morgan fingerprint density at radius 3 is 2.74 bits per heavy atom. The number of carbonyl (C=O) groups is 1.